The van der Waals surface area contributed by atoms with Crippen LogP contribution in [0.5, 0.6) is 0 Å². The van der Waals surface area contributed by atoms with Crippen molar-refractivity contribution in [1.29, 1.82) is 0 Å². The van der Waals surface area contributed by atoms with Gasteiger partial charge in [0.25, 0.3) is 0 Å². The number of nitrogens with zero attached hydrogens (tertiary/aromatic N) is 4. The van der Waals surface area contributed by atoms with Crippen molar-refractivity contribution in [2.45, 2.75) is 19.8 Å². The van der Waals surface area contributed by atoms with Gasteiger partial charge in [0.15, 0.2) is 11.3 Å². The molecule has 0 aliphatic carbocycles. The van der Waals surface area contributed by atoms with Gasteiger partial charge >= 0.3 is 5.97 Å². The van der Waals surface area contributed by atoms with Gasteiger partial charge in [0.2, 0.25) is 0 Å². The molecule has 6 heteroatoms. The normalized spacial score (nSPS) is 11.1. The number of rotatable bonds is 2. The SMILES string of the molecule is CC(C)c1cc(C(=O)O)n2nncc2n1. The van der Waals surface area contributed by atoms with Crippen molar-refractivity contribution in [3.63, 3.8) is 0 Å². The van der Waals surface area contributed by atoms with E-state index in [9.17, 15) is 4.79 Å². The first-order chi connectivity index (χ1) is 7.09. The Labute approximate surface area is 85.6 Å². The van der Waals surface area contributed by atoms with Crippen LogP contribution >= 0.6 is 0 Å². The molecule has 0 aliphatic rings. The smallest absolute Gasteiger partial charge is 0.354 e. The second kappa shape index (κ2) is 3.30. The average molecular weight is 206 g/mol. The topological polar surface area (TPSA) is 80.4 Å². The van der Waals surface area contributed by atoms with E-state index in [0.29, 0.717) is 5.65 Å². The fraction of sp³-hybridized carbons (Fsp3) is 0.333. The van der Waals surface area contributed by atoms with Crippen molar-refractivity contribution in [1.82, 2.24) is 19.8 Å². The molecule has 78 valence electrons. The predicted molar refractivity (Wildman–Crippen MR) is 51.8 cm³/mol. The highest BCUT2D eigenvalue weighted by atomic mass is 16.4. The van der Waals surface area contributed by atoms with Gasteiger partial charge in [-0.1, -0.05) is 19.1 Å². The van der Waals surface area contributed by atoms with Crippen LogP contribution in [0.1, 0.15) is 35.9 Å². The van der Waals surface area contributed by atoms with E-state index in [1.165, 1.54) is 16.8 Å². The molecule has 0 amide bonds. The van der Waals surface area contributed by atoms with E-state index in [0.717, 1.165) is 5.69 Å². The van der Waals surface area contributed by atoms with Crippen LogP contribution in [0.2, 0.25) is 0 Å². The number of carboxylic acids is 1. The molecule has 0 aliphatic heterocycles. The third-order valence-corrected chi connectivity index (χ3v) is 2.10. The van der Waals surface area contributed by atoms with Gasteiger partial charge in [0, 0.05) is 5.69 Å². The Morgan fingerprint density at radius 2 is 2.27 bits per heavy atom. The molecule has 2 heterocycles. The van der Waals surface area contributed by atoms with E-state index >= 15 is 0 Å². The fourth-order valence-electron chi connectivity index (χ4n) is 1.29. The van der Waals surface area contributed by atoms with Crippen LogP contribution in [0.3, 0.4) is 0 Å². The molecule has 0 spiro atoms. The Balaban J connectivity index is 2.74. The maximum atomic E-state index is 11.0. The summed E-state index contributed by atoms with van der Waals surface area (Å²) in [7, 11) is 0. The van der Waals surface area contributed by atoms with Crippen LogP contribution in [0, 0.1) is 0 Å². The molecule has 2 aromatic rings. The van der Waals surface area contributed by atoms with Crippen LogP contribution in [0.4, 0.5) is 0 Å². The number of carboxylic acid groups (broad SMARTS) is 1. The highest BCUT2D eigenvalue weighted by molar-refractivity contribution is 5.86. The van der Waals surface area contributed by atoms with Gasteiger partial charge in [-0.05, 0) is 12.0 Å². The fourth-order valence-corrected chi connectivity index (χ4v) is 1.29. The Morgan fingerprint density at radius 1 is 1.53 bits per heavy atom. The Morgan fingerprint density at radius 3 is 2.87 bits per heavy atom. The van der Waals surface area contributed by atoms with E-state index in [1.807, 2.05) is 13.8 Å². The third kappa shape index (κ3) is 1.54. The van der Waals surface area contributed by atoms with Crippen LogP contribution in [0.25, 0.3) is 5.65 Å². The van der Waals surface area contributed by atoms with Gasteiger partial charge in [-0.25, -0.2) is 9.78 Å². The summed E-state index contributed by atoms with van der Waals surface area (Å²) in [6.07, 6.45) is 1.44. The summed E-state index contributed by atoms with van der Waals surface area (Å²) in [5.74, 6) is -0.863. The average Bonchev–Trinajstić information content (AvgIpc) is 2.62. The number of aromatic nitrogens is 4. The lowest BCUT2D eigenvalue weighted by Crippen LogP contribution is -2.09. The molecule has 2 rings (SSSR count). The van der Waals surface area contributed by atoms with Crippen LogP contribution in [0.15, 0.2) is 12.3 Å². The molecule has 0 bridgehead atoms. The molecule has 0 atom stereocenters. The molecule has 0 aromatic carbocycles. The molecular formula is C9H10N4O2. The van der Waals surface area contributed by atoms with Crippen LogP contribution in [-0.2, 0) is 0 Å². The molecule has 0 fully saturated rings. The number of aromatic carboxylic acids is 1. The molecule has 0 saturated heterocycles. The summed E-state index contributed by atoms with van der Waals surface area (Å²) in [6.45, 7) is 3.91. The van der Waals surface area contributed by atoms with Crippen LogP contribution in [-0.4, -0.2) is 30.9 Å². The number of fused-ring (bicyclic) bond motifs is 1. The zero-order valence-corrected chi connectivity index (χ0v) is 8.38. The van der Waals surface area contributed by atoms with Crippen molar-refractivity contribution in [2.75, 3.05) is 0 Å². The second-order valence-corrected chi connectivity index (χ2v) is 3.53. The Kier molecular flexibility index (Phi) is 2.11. The van der Waals surface area contributed by atoms with Crippen LogP contribution < -0.4 is 0 Å². The molecule has 6 nitrogen and oxygen atoms in total. The maximum absolute atomic E-state index is 11.0. The van der Waals surface area contributed by atoms with Gasteiger partial charge in [-0.2, -0.15) is 4.52 Å². The predicted octanol–water partition coefficient (Wildman–Crippen LogP) is 0.946. The lowest BCUT2D eigenvalue weighted by Gasteiger charge is -2.06. The number of carbonyl (C=O) groups is 1. The van der Waals surface area contributed by atoms with Crippen molar-refractivity contribution in [3.05, 3.63) is 23.7 Å². The van der Waals surface area contributed by atoms with Crippen molar-refractivity contribution in [3.8, 4) is 0 Å². The van der Waals surface area contributed by atoms with Gasteiger partial charge in [-0.3, -0.25) is 0 Å². The van der Waals surface area contributed by atoms with E-state index in [-0.39, 0.29) is 11.6 Å². The van der Waals surface area contributed by atoms with E-state index in [2.05, 4.69) is 15.3 Å². The summed E-state index contributed by atoms with van der Waals surface area (Å²) in [5, 5.41) is 16.3. The molecule has 2 aromatic heterocycles. The lowest BCUT2D eigenvalue weighted by atomic mass is 10.1. The zero-order chi connectivity index (χ0) is 11.0. The maximum Gasteiger partial charge on any atom is 0.354 e. The minimum Gasteiger partial charge on any atom is -0.477 e. The summed E-state index contributed by atoms with van der Waals surface area (Å²) >= 11 is 0. The quantitative estimate of drug-likeness (QED) is 0.791. The van der Waals surface area contributed by atoms with Gasteiger partial charge in [0.05, 0.1) is 6.20 Å². The highest BCUT2D eigenvalue weighted by Crippen LogP contribution is 2.14. The van der Waals surface area contributed by atoms with Gasteiger partial charge in [-0.15, -0.1) is 5.10 Å². The molecule has 0 unspecified atom stereocenters. The summed E-state index contributed by atoms with van der Waals surface area (Å²) < 4.78 is 1.22. The first-order valence-corrected chi connectivity index (χ1v) is 4.54. The lowest BCUT2D eigenvalue weighted by molar-refractivity contribution is 0.0686. The van der Waals surface area contributed by atoms with Crippen molar-refractivity contribution in [2.24, 2.45) is 0 Å². The standard InChI is InChI=1S/C9H10N4O2/c1-5(2)6-3-7(9(14)15)13-8(11-6)4-10-12-13/h3-5H,1-2H3,(H,14,15). The first kappa shape index (κ1) is 9.57. The third-order valence-electron chi connectivity index (χ3n) is 2.10. The largest absolute Gasteiger partial charge is 0.477 e. The first-order valence-electron chi connectivity index (χ1n) is 4.54. The van der Waals surface area contributed by atoms with Crippen molar-refractivity contribution >= 4 is 11.6 Å². The summed E-state index contributed by atoms with van der Waals surface area (Å²) in [5.41, 5.74) is 1.27. The molecule has 1 N–H and O–H groups in total. The summed E-state index contributed by atoms with van der Waals surface area (Å²) in [4.78, 5) is 15.2. The van der Waals surface area contributed by atoms with Gasteiger partial charge in [0.1, 0.15) is 0 Å². The highest BCUT2D eigenvalue weighted by Gasteiger charge is 2.14. The number of hydrogen-bond acceptors (Lipinski definition) is 4. The van der Waals surface area contributed by atoms with Crippen molar-refractivity contribution < 1.29 is 9.90 Å². The minimum absolute atomic E-state index is 0.0844. The molecule has 15 heavy (non-hydrogen) atoms. The Hall–Kier alpha value is -1.98. The Bertz CT molecular complexity index is 518. The minimum atomic E-state index is -1.03. The molecular weight excluding hydrogens is 196 g/mol. The van der Waals surface area contributed by atoms with E-state index in [4.69, 9.17) is 5.11 Å². The summed E-state index contributed by atoms with van der Waals surface area (Å²) in [6, 6.07) is 1.52. The monoisotopic (exact) mass is 206 g/mol. The second-order valence-electron chi connectivity index (χ2n) is 3.53. The van der Waals surface area contributed by atoms with Gasteiger partial charge < -0.3 is 5.11 Å². The number of hydrogen-bond donors (Lipinski definition) is 1. The van der Waals surface area contributed by atoms with E-state index in [1.54, 1.807) is 0 Å². The molecule has 0 saturated carbocycles. The van der Waals surface area contributed by atoms with E-state index < -0.39 is 5.97 Å². The zero-order valence-electron chi connectivity index (χ0n) is 8.38. The molecule has 0 radical (unpaired) electrons.